The van der Waals surface area contributed by atoms with E-state index >= 15 is 0 Å². The van der Waals surface area contributed by atoms with Gasteiger partial charge in [-0.1, -0.05) is 29.3 Å². The molecule has 2 amide bonds. The lowest BCUT2D eigenvalue weighted by Gasteiger charge is -2.11. The first-order valence-electron chi connectivity index (χ1n) is 6.42. The van der Waals surface area contributed by atoms with Crippen LogP contribution in [0.15, 0.2) is 36.5 Å². The van der Waals surface area contributed by atoms with E-state index in [1.54, 1.807) is 0 Å². The number of hydrogen-bond donors (Lipinski definition) is 1. The number of hydrogen-bond acceptors (Lipinski definition) is 4. The molecule has 1 N–H and O–H groups in total. The minimum absolute atomic E-state index is 0.0928. The molecule has 1 aromatic carbocycles. The summed E-state index contributed by atoms with van der Waals surface area (Å²) in [6.07, 6.45) is -0.222. The van der Waals surface area contributed by atoms with Gasteiger partial charge in [0.05, 0.1) is 5.69 Å². The SMILES string of the molecule is O=C(c1ccc(Cl)nc1)C1C(=O)N(C(=O)O)c2cc(Cl)ccc21. The monoisotopic (exact) mass is 350 g/mol. The molecule has 6 nitrogen and oxygen atoms in total. The fourth-order valence-corrected chi connectivity index (χ4v) is 2.75. The summed E-state index contributed by atoms with van der Waals surface area (Å²) in [6, 6.07) is 7.18. The molecule has 0 saturated heterocycles. The molecule has 116 valence electrons. The van der Waals surface area contributed by atoms with Crippen molar-refractivity contribution in [2.45, 2.75) is 5.92 Å². The lowest BCUT2D eigenvalue weighted by atomic mass is 9.92. The maximum atomic E-state index is 12.6. The maximum absolute atomic E-state index is 12.6. The molecule has 2 heterocycles. The molecule has 1 aliphatic rings. The van der Waals surface area contributed by atoms with Gasteiger partial charge in [-0.25, -0.2) is 14.7 Å². The molecule has 1 aromatic heterocycles. The van der Waals surface area contributed by atoms with Crippen LogP contribution in [0, 0.1) is 0 Å². The largest absolute Gasteiger partial charge is 0.464 e. The molecule has 23 heavy (non-hydrogen) atoms. The van der Waals surface area contributed by atoms with E-state index in [2.05, 4.69) is 4.98 Å². The molecule has 0 fully saturated rings. The number of rotatable bonds is 2. The number of halogens is 2. The summed E-state index contributed by atoms with van der Waals surface area (Å²) in [5.74, 6) is -2.64. The Morgan fingerprint density at radius 2 is 1.91 bits per heavy atom. The Labute approximate surface area is 140 Å². The predicted octanol–water partition coefficient (Wildman–Crippen LogP) is 3.38. The fourth-order valence-electron chi connectivity index (χ4n) is 2.47. The number of anilines is 1. The molecule has 8 heteroatoms. The molecule has 3 rings (SSSR count). The minimum atomic E-state index is -1.47. The van der Waals surface area contributed by atoms with Gasteiger partial charge in [-0.3, -0.25) is 9.59 Å². The van der Waals surface area contributed by atoms with Crippen molar-refractivity contribution in [3.8, 4) is 0 Å². The number of amides is 2. The molecule has 0 radical (unpaired) electrons. The second-order valence-corrected chi connectivity index (χ2v) is 5.65. The predicted molar refractivity (Wildman–Crippen MR) is 83.3 cm³/mol. The fraction of sp³-hybridized carbons (Fsp3) is 0.0667. The van der Waals surface area contributed by atoms with E-state index in [1.165, 1.54) is 36.5 Å². The van der Waals surface area contributed by atoms with Crippen molar-refractivity contribution in [3.05, 3.63) is 57.8 Å². The van der Waals surface area contributed by atoms with Gasteiger partial charge in [0.1, 0.15) is 11.1 Å². The highest BCUT2D eigenvalue weighted by Crippen LogP contribution is 2.40. The van der Waals surface area contributed by atoms with Crippen LogP contribution in [0.4, 0.5) is 10.5 Å². The van der Waals surface area contributed by atoms with Crippen LogP contribution in [-0.4, -0.2) is 27.9 Å². The first-order chi connectivity index (χ1) is 10.9. The standard InChI is InChI=1S/C15H8Cl2N2O4/c16-8-2-3-9-10(5-8)19(15(22)23)14(21)12(9)13(20)7-1-4-11(17)18-6-7/h1-6,12H,(H,22,23). The van der Waals surface area contributed by atoms with Gasteiger partial charge >= 0.3 is 6.09 Å². The zero-order valence-corrected chi connectivity index (χ0v) is 12.9. The molecule has 1 atom stereocenters. The van der Waals surface area contributed by atoms with Crippen molar-refractivity contribution >= 4 is 46.7 Å². The Morgan fingerprint density at radius 1 is 1.17 bits per heavy atom. The number of aromatic nitrogens is 1. The highest BCUT2D eigenvalue weighted by Gasteiger charge is 2.45. The van der Waals surface area contributed by atoms with Crippen LogP contribution >= 0.6 is 23.2 Å². The van der Waals surface area contributed by atoms with Crippen LogP contribution in [0.5, 0.6) is 0 Å². The van der Waals surface area contributed by atoms with Crippen molar-refractivity contribution < 1.29 is 19.5 Å². The number of benzene rings is 1. The quantitative estimate of drug-likeness (QED) is 0.509. The van der Waals surface area contributed by atoms with E-state index in [4.69, 9.17) is 23.2 Å². The second-order valence-electron chi connectivity index (χ2n) is 4.83. The van der Waals surface area contributed by atoms with Gasteiger partial charge in [-0.2, -0.15) is 0 Å². The van der Waals surface area contributed by atoms with E-state index < -0.39 is 23.7 Å². The van der Waals surface area contributed by atoms with Crippen molar-refractivity contribution in [1.29, 1.82) is 0 Å². The number of nitrogens with zero attached hydrogens (tertiary/aromatic N) is 2. The Balaban J connectivity index is 2.10. The van der Waals surface area contributed by atoms with E-state index in [0.29, 0.717) is 10.5 Å². The lowest BCUT2D eigenvalue weighted by Crippen LogP contribution is -2.35. The van der Waals surface area contributed by atoms with Gasteiger partial charge in [0.2, 0.25) is 0 Å². The molecule has 0 saturated carbocycles. The maximum Gasteiger partial charge on any atom is 0.418 e. The molecule has 0 aliphatic carbocycles. The summed E-state index contributed by atoms with van der Waals surface area (Å²) in [6.45, 7) is 0. The average Bonchev–Trinajstić information content (AvgIpc) is 2.78. The van der Waals surface area contributed by atoms with Crippen molar-refractivity contribution in [2.24, 2.45) is 0 Å². The molecule has 2 aromatic rings. The third-order valence-corrected chi connectivity index (χ3v) is 3.94. The van der Waals surface area contributed by atoms with Crippen molar-refractivity contribution in [2.75, 3.05) is 4.90 Å². The van der Waals surface area contributed by atoms with Gasteiger partial charge in [0.25, 0.3) is 5.91 Å². The number of carbonyl (C=O) groups is 3. The van der Waals surface area contributed by atoms with Crippen LogP contribution < -0.4 is 4.90 Å². The van der Waals surface area contributed by atoms with Gasteiger partial charge in [-0.05, 0) is 29.8 Å². The number of fused-ring (bicyclic) bond motifs is 1. The van der Waals surface area contributed by atoms with E-state index in [9.17, 15) is 19.5 Å². The normalized spacial score (nSPS) is 16.3. The third-order valence-electron chi connectivity index (χ3n) is 3.48. The smallest absolute Gasteiger partial charge is 0.418 e. The van der Waals surface area contributed by atoms with Crippen LogP contribution in [-0.2, 0) is 4.79 Å². The Kier molecular flexibility index (Phi) is 3.79. The van der Waals surface area contributed by atoms with E-state index in [1.807, 2.05) is 0 Å². The summed E-state index contributed by atoms with van der Waals surface area (Å²) in [7, 11) is 0. The second kappa shape index (κ2) is 5.64. The lowest BCUT2D eigenvalue weighted by molar-refractivity contribution is -0.117. The first kappa shape index (κ1) is 15.5. The molecular weight excluding hydrogens is 343 g/mol. The van der Waals surface area contributed by atoms with Crippen LogP contribution in [0.25, 0.3) is 0 Å². The van der Waals surface area contributed by atoms with Gasteiger partial charge in [0.15, 0.2) is 5.78 Å². The zero-order chi connectivity index (χ0) is 16.7. The van der Waals surface area contributed by atoms with Crippen LogP contribution in [0.2, 0.25) is 10.2 Å². The highest BCUT2D eigenvalue weighted by molar-refractivity contribution is 6.33. The topological polar surface area (TPSA) is 87.6 Å². The number of Topliss-reactive ketones (excluding diaryl/α,β-unsaturated/α-hetero) is 1. The van der Waals surface area contributed by atoms with E-state index in [-0.39, 0.29) is 21.4 Å². The first-order valence-corrected chi connectivity index (χ1v) is 7.18. The average molecular weight is 351 g/mol. The molecule has 1 unspecified atom stereocenters. The molecular formula is C15H8Cl2N2O4. The highest BCUT2D eigenvalue weighted by atomic mass is 35.5. The number of carbonyl (C=O) groups excluding carboxylic acids is 2. The van der Waals surface area contributed by atoms with Crippen molar-refractivity contribution in [1.82, 2.24) is 4.98 Å². The molecule has 1 aliphatic heterocycles. The van der Waals surface area contributed by atoms with Crippen molar-refractivity contribution in [3.63, 3.8) is 0 Å². The summed E-state index contributed by atoms with van der Waals surface area (Å²) in [5, 5.41) is 9.72. The van der Waals surface area contributed by atoms with E-state index in [0.717, 1.165) is 0 Å². The summed E-state index contributed by atoms with van der Waals surface area (Å²) >= 11 is 11.5. The Hall–Kier alpha value is -2.44. The summed E-state index contributed by atoms with van der Waals surface area (Å²) < 4.78 is 0. The van der Waals surface area contributed by atoms with Gasteiger partial charge in [-0.15, -0.1) is 0 Å². The summed E-state index contributed by atoms with van der Waals surface area (Å²) in [5.41, 5.74) is 0.554. The van der Waals surface area contributed by atoms with Gasteiger partial charge in [0, 0.05) is 16.8 Å². The number of carboxylic acid groups (broad SMARTS) is 1. The van der Waals surface area contributed by atoms with Gasteiger partial charge < -0.3 is 5.11 Å². The minimum Gasteiger partial charge on any atom is -0.464 e. The summed E-state index contributed by atoms with van der Waals surface area (Å²) in [4.78, 5) is 40.8. The number of pyridine rings is 1. The zero-order valence-electron chi connectivity index (χ0n) is 11.4. The third kappa shape index (κ3) is 2.56. The number of imide groups is 1. The Morgan fingerprint density at radius 3 is 2.52 bits per heavy atom. The van der Waals surface area contributed by atoms with Crippen LogP contribution in [0.1, 0.15) is 21.8 Å². The Bertz CT molecular complexity index is 836. The van der Waals surface area contributed by atoms with Crippen LogP contribution in [0.3, 0.4) is 0 Å². The number of ketones is 1. The molecule has 0 bridgehead atoms. The molecule has 0 spiro atoms.